The maximum Gasteiger partial charge on any atom is 0.317 e. The average molecular weight is 300 g/mol. The van der Waals surface area contributed by atoms with E-state index in [0.717, 1.165) is 12.8 Å². The van der Waals surface area contributed by atoms with Crippen LogP contribution in [0.15, 0.2) is 0 Å². The van der Waals surface area contributed by atoms with Gasteiger partial charge < -0.3 is 15.3 Å². The second-order valence-corrected chi connectivity index (χ2v) is 6.39. The molecule has 0 aliphatic carbocycles. The molecule has 5 heteroatoms. The van der Waals surface area contributed by atoms with E-state index < -0.39 is 11.9 Å². The van der Waals surface area contributed by atoms with Gasteiger partial charge in [-0.1, -0.05) is 41.5 Å². The Balaban J connectivity index is 4.77. The molecule has 0 spiro atoms. The zero-order valence-electron chi connectivity index (χ0n) is 14.3. The summed E-state index contributed by atoms with van der Waals surface area (Å²) in [6.07, 6.45) is 1.81. The topological polar surface area (TPSA) is 69.6 Å². The van der Waals surface area contributed by atoms with Gasteiger partial charge in [-0.15, -0.1) is 0 Å². The second kappa shape index (κ2) is 9.64. The first-order valence-electron chi connectivity index (χ1n) is 8.01. The van der Waals surface area contributed by atoms with Crippen molar-refractivity contribution < 1.29 is 14.7 Å². The van der Waals surface area contributed by atoms with Crippen molar-refractivity contribution in [2.75, 3.05) is 13.1 Å². The van der Waals surface area contributed by atoms with Crippen molar-refractivity contribution in [2.45, 2.75) is 60.4 Å². The van der Waals surface area contributed by atoms with Gasteiger partial charge >= 0.3 is 12.0 Å². The monoisotopic (exact) mass is 300 g/mol. The number of carboxylic acids is 1. The maximum atomic E-state index is 12.4. The molecule has 0 saturated carbocycles. The number of amides is 2. The van der Waals surface area contributed by atoms with Gasteiger partial charge in [0.25, 0.3) is 0 Å². The molecule has 5 nitrogen and oxygen atoms in total. The lowest BCUT2D eigenvalue weighted by atomic mass is 9.96. The maximum absolute atomic E-state index is 12.4. The van der Waals surface area contributed by atoms with Crippen LogP contribution in [-0.2, 0) is 4.79 Å². The van der Waals surface area contributed by atoms with Gasteiger partial charge in [0, 0.05) is 19.1 Å². The molecule has 0 fully saturated rings. The van der Waals surface area contributed by atoms with Crippen LogP contribution < -0.4 is 5.32 Å². The van der Waals surface area contributed by atoms with Crippen LogP contribution in [0.1, 0.15) is 54.4 Å². The first-order chi connectivity index (χ1) is 9.74. The fourth-order valence-electron chi connectivity index (χ4n) is 2.43. The summed E-state index contributed by atoms with van der Waals surface area (Å²) in [5.41, 5.74) is 0. The van der Waals surface area contributed by atoms with E-state index in [1.54, 1.807) is 0 Å². The molecule has 0 heterocycles. The van der Waals surface area contributed by atoms with Crippen molar-refractivity contribution >= 4 is 12.0 Å². The largest absolute Gasteiger partial charge is 0.481 e. The number of aliphatic carboxylic acids is 1. The molecule has 0 radical (unpaired) electrons. The summed E-state index contributed by atoms with van der Waals surface area (Å²) in [5, 5.41) is 12.0. The van der Waals surface area contributed by atoms with E-state index >= 15 is 0 Å². The van der Waals surface area contributed by atoms with Crippen molar-refractivity contribution in [2.24, 2.45) is 17.8 Å². The molecule has 0 saturated heterocycles. The Morgan fingerprint density at radius 2 is 1.62 bits per heavy atom. The molecule has 0 aromatic carbocycles. The smallest absolute Gasteiger partial charge is 0.317 e. The van der Waals surface area contributed by atoms with Gasteiger partial charge in [0.2, 0.25) is 0 Å². The zero-order valence-corrected chi connectivity index (χ0v) is 14.3. The summed E-state index contributed by atoms with van der Waals surface area (Å²) in [6, 6.07) is 0.0547. The Kier molecular flexibility index (Phi) is 9.06. The molecule has 2 N–H and O–H groups in total. The van der Waals surface area contributed by atoms with Crippen molar-refractivity contribution in [1.29, 1.82) is 0 Å². The molecule has 0 aromatic heterocycles. The van der Waals surface area contributed by atoms with Gasteiger partial charge in [0.1, 0.15) is 0 Å². The molecule has 0 rings (SSSR count). The third kappa shape index (κ3) is 6.82. The van der Waals surface area contributed by atoms with Crippen LogP contribution in [-0.4, -0.2) is 41.1 Å². The molecule has 1 unspecified atom stereocenters. The van der Waals surface area contributed by atoms with Crippen LogP contribution in [0.5, 0.6) is 0 Å². The highest BCUT2D eigenvalue weighted by Gasteiger charge is 2.25. The van der Waals surface area contributed by atoms with E-state index in [1.807, 2.05) is 18.7 Å². The van der Waals surface area contributed by atoms with Crippen LogP contribution in [0, 0.1) is 17.8 Å². The summed E-state index contributed by atoms with van der Waals surface area (Å²) >= 11 is 0. The minimum Gasteiger partial charge on any atom is -0.481 e. The van der Waals surface area contributed by atoms with Crippen LogP contribution in [0.4, 0.5) is 4.79 Å². The van der Waals surface area contributed by atoms with Crippen molar-refractivity contribution in [1.82, 2.24) is 10.2 Å². The number of urea groups is 1. The third-order valence-corrected chi connectivity index (χ3v) is 3.80. The van der Waals surface area contributed by atoms with Gasteiger partial charge in [-0.3, -0.25) is 4.79 Å². The fraction of sp³-hybridized carbons (Fsp3) is 0.875. The van der Waals surface area contributed by atoms with Gasteiger partial charge in [-0.25, -0.2) is 4.79 Å². The van der Waals surface area contributed by atoms with Crippen LogP contribution in [0.25, 0.3) is 0 Å². The van der Waals surface area contributed by atoms with Crippen LogP contribution in [0.2, 0.25) is 0 Å². The number of nitrogens with one attached hydrogen (secondary N) is 1. The van der Waals surface area contributed by atoms with Crippen LogP contribution >= 0.6 is 0 Å². The summed E-state index contributed by atoms with van der Waals surface area (Å²) in [7, 11) is 0. The van der Waals surface area contributed by atoms with Crippen molar-refractivity contribution in [3.63, 3.8) is 0 Å². The molecule has 0 aromatic rings. The minimum absolute atomic E-state index is 0.00510. The van der Waals surface area contributed by atoms with E-state index in [0.29, 0.717) is 12.5 Å². The van der Waals surface area contributed by atoms with E-state index in [2.05, 4.69) is 33.0 Å². The molecular formula is C16H32N2O3. The Bertz CT molecular complexity index is 325. The summed E-state index contributed by atoms with van der Waals surface area (Å²) < 4.78 is 0. The number of rotatable bonds is 9. The van der Waals surface area contributed by atoms with E-state index in [9.17, 15) is 14.7 Å². The lowest BCUT2D eigenvalue weighted by molar-refractivity contribution is -0.142. The van der Waals surface area contributed by atoms with Crippen molar-refractivity contribution in [3.05, 3.63) is 0 Å². The third-order valence-electron chi connectivity index (χ3n) is 3.80. The lowest BCUT2D eigenvalue weighted by Crippen LogP contribution is -2.49. The van der Waals surface area contributed by atoms with Gasteiger partial charge in [0.15, 0.2) is 0 Å². The number of nitrogens with zero attached hydrogens (tertiary/aromatic N) is 1. The van der Waals surface area contributed by atoms with Gasteiger partial charge in [-0.05, 0) is 24.7 Å². The summed E-state index contributed by atoms with van der Waals surface area (Å²) in [4.78, 5) is 25.4. The van der Waals surface area contributed by atoms with E-state index in [-0.39, 0.29) is 24.5 Å². The van der Waals surface area contributed by atoms with E-state index in [4.69, 9.17) is 0 Å². The molecular weight excluding hydrogens is 268 g/mol. The first kappa shape index (κ1) is 19.7. The molecule has 1 atom stereocenters. The lowest BCUT2D eigenvalue weighted by Gasteiger charge is -2.32. The van der Waals surface area contributed by atoms with Gasteiger partial charge in [0.05, 0.1) is 5.92 Å². The number of carbonyl (C=O) groups excluding carboxylic acids is 1. The van der Waals surface area contributed by atoms with Crippen LogP contribution in [0.3, 0.4) is 0 Å². The van der Waals surface area contributed by atoms with Crippen molar-refractivity contribution in [3.8, 4) is 0 Å². The first-order valence-corrected chi connectivity index (χ1v) is 8.01. The Hall–Kier alpha value is -1.26. The molecule has 0 bridgehead atoms. The zero-order chi connectivity index (χ0) is 16.6. The number of carboxylic acid groups (broad SMARTS) is 1. The number of carbonyl (C=O) groups is 2. The minimum atomic E-state index is -0.858. The standard InChI is InChI=1S/C16H32N2O3/c1-7-13(8-2)18(10-11(3)4)16(21)17-9-14(12(5)6)15(19)20/h11-14H,7-10H2,1-6H3,(H,17,21)(H,19,20). The summed E-state index contributed by atoms with van der Waals surface area (Å²) in [5.74, 6) is -1.02. The number of hydrogen-bond acceptors (Lipinski definition) is 2. The fourth-order valence-corrected chi connectivity index (χ4v) is 2.43. The second-order valence-electron chi connectivity index (χ2n) is 6.39. The Labute approximate surface area is 129 Å². The summed E-state index contributed by atoms with van der Waals surface area (Å²) in [6.45, 7) is 12.9. The average Bonchev–Trinajstić information content (AvgIpc) is 2.37. The highest BCUT2D eigenvalue weighted by molar-refractivity contribution is 5.76. The molecule has 2 amide bonds. The molecule has 124 valence electrons. The van der Waals surface area contributed by atoms with E-state index in [1.165, 1.54) is 0 Å². The molecule has 21 heavy (non-hydrogen) atoms. The Morgan fingerprint density at radius 3 is 1.95 bits per heavy atom. The predicted molar refractivity (Wildman–Crippen MR) is 85.3 cm³/mol. The SMILES string of the molecule is CCC(CC)N(CC(C)C)C(=O)NCC(C(=O)O)C(C)C. The normalized spacial score (nSPS) is 12.8. The molecule has 0 aliphatic rings. The number of hydrogen-bond donors (Lipinski definition) is 2. The van der Waals surface area contributed by atoms with Gasteiger partial charge in [-0.2, -0.15) is 0 Å². The predicted octanol–water partition coefficient (Wildman–Crippen LogP) is 3.20. The quantitative estimate of drug-likeness (QED) is 0.687. The Morgan fingerprint density at radius 1 is 1.10 bits per heavy atom. The molecule has 0 aliphatic heterocycles. The highest BCUT2D eigenvalue weighted by atomic mass is 16.4. The highest BCUT2D eigenvalue weighted by Crippen LogP contribution is 2.13.